The van der Waals surface area contributed by atoms with E-state index in [1.165, 1.54) is 24.1 Å². The summed E-state index contributed by atoms with van der Waals surface area (Å²) >= 11 is 0. The van der Waals surface area contributed by atoms with E-state index in [9.17, 15) is 0 Å². The average Bonchev–Trinajstić information content (AvgIpc) is 2.35. The zero-order valence-corrected chi connectivity index (χ0v) is 10.9. The Hall–Kier alpha value is -1.51. The number of unbranched alkanes of at least 4 members (excludes halogenated alkanes) is 1. The van der Waals surface area contributed by atoms with Gasteiger partial charge in [0.15, 0.2) is 0 Å². The van der Waals surface area contributed by atoms with E-state index in [4.69, 9.17) is 4.99 Å². The summed E-state index contributed by atoms with van der Waals surface area (Å²) in [5, 5.41) is 3.50. The number of hydrogen-bond acceptors (Lipinski definition) is 3. The Morgan fingerprint density at radius 2 is 2.06 bits per heavy atom. The van der Waals surface area contributed by atoms with Gasteiger partial charge in [-0.05, 0) is 25.0 Å². The van der Waals surface area contributed by atoms with Crippen LogP contribution in [0.1, 0.15) is 31.7 Å². The molecule has 0 radical (unpaired) electrons. The molecule has 1 aliphatic rings. The fourth-order valence-corrected chi connectivity index (χ4v) is 2.12. The SMILES string of the molecule is CCCCC1N=C(N(C)C)c2ccccc2N1. The molecule has 1 unspecified atom stereocenters. The number of anilines is 1. The van der Waals surface area contributed by atoms with Crippen LogP contribution in [0.15, 0.2) is 29.3 Å². The van der Waals surface area contributed by atoms with Crippen LogP contribution < -0.4 is 5.32 Å². The highest BCUT2D eigenvalue weighted by Crippen LogP contribution is 2.24. The van der Waals surface area contributed by atoms with Gasteiger partial charge in [0.2, 0.25) is 0 Å². The molecule has 0 fully saturated rings. The molecule has 1 aromatic carbocycles. The highest BCUT2D eigenvalue weighted by molar-refractivity contribution is 6.04. The van der Waals surface area contributed by atoms with E-state index in [0.717, 1.165) is 12.3 Å². The normalized spacial score (nSPS) is 18.1. The van der Waals surface area contributed by atoms with Gasteiger partial charge in [-0.1, -0.05) is 25.5 Å². The van der Waals surface area contributed by atoms with Crippen molar-refractivity contribution in [2.75, 3.05) is 19.4 Å². The van der Waals surface area contributed by atoms with Crippen LogP contribution >= 0.6 is 0 Å². The Balaban J connectivity index is 2.27. The van der Waals surface area contributed by atoms with Crippen molar-refractivity contribution in [3.05, 3.63) is 29.8 Å². The molecular formula is C14H21N3. The van der Waals surface area contributed by atoms with E-state index in [1.54, 1.807) is 0 Å². The summed E-state index contributed by atoms with van der Waals surface area (Å²) in [6, 6.07) is 8.39. The molecule has 0 saturated carbocycles. The van der Waals surface area contributed by atoms with Gasteiger partial charge in [0.25, 0.3) is 0 Å². The van der Waals surface area contributed by atoms with Gasteiger partial charge in [-0.2, -0.15) is 0 Å². The first-order valence-electron chi connectivity index (χ1n) is 6.33. The van der Waals surface area contributed by atoms with Crippen molar-refractivity contribution in [2.24, 2.45) is 4.99 Å². The Kier molecular flexibility index (Phi) is 3.67. The minimum absolute atomic E-state index is 0.224. The highest BCUT2D eigenvalue weighted by Gasteiger charge is 2.20. The number of amidine groups is 1. The second kappa shape index (κ2) is 5.21. The number of nitrogens with zero attached hydrogens (tertiary/aromatic N) is 2. The average molecular weight is 231 g/mol. The van der Waals surface area contributed by atoms with Crippen LogP contribution in [0.2, 0.25) is 0 Å². The third-order valence-corrected chi connectivity index (χ3v) is 3.02. The molecule has 1 aliphatic heterocycles. The summed E-state index contributed by atoms with van der Waals surface area (Å²) in [5.74, 6) is 1.08. The molecule has 17 heavy (non-hydrogen) atoms. The Bertz CT molecular complexity index is 410. The molecule has 0 bridgehead atoms. The molecule has 1 atom stereocenters. The van der Waals surface area contributed by atoms with Crippen molar-refractivity contribution in [2.45, 2.75) is 32.4 Å². The maximum absolute atomic E-state index is 4.79. The van der Waals surface area contributed by atoms with E-state index in [0.29, 0.717) is 0 Å². The largest absolute Gasteiger partial charge is 0.363 e. The first kappa shape index (κ1) is 12.0. The van der Waals surface area contributed by atoms with Gasteiger partial charge in [0.1, 0.15) is 12.0 Å². The summed E-state index contributed by atoms with van der Waals surface area (Å²) in [5.41, 5.74) is 2.40. The number of fused-ring (bicyclic) bond motifs is 1. The molecule has 0 aliphatic carbocycles. The molecule has 0 aromatic heterocycles. The summed E-state index contributed by atoms with van der Waals surface area (Å²) < 4.78 is 0. The van der Waals surface area contributed by atoms with Gasteiger partial charge >= 0.3 is 0 Å². The van der Waals surface area contributed by atoms with Crippen LogP contribution in [0.5, 0.6) is 0 Å². The lowest BCUT2D eigenvalue weighted by molar-refractivity contribution is 0.578. The van der Waals surface area contributed by atoms with Gasteiger partial charge in [-0.3, -0.25) is 0 Å². The lowest BCUT2D eigenvalue weighted by Crippen LogP contribution is -2.33. The third kappa shape index (κ3) is 2.60. The van der Waals surface area contributed by atoms with Gasteiger partial charge in [-0.15, -0.1) is 0 Å². The minimum Gasteiger partial charge on any atom is -0.363 e. The van der Waals surface area contributed by atoms with Crippen LogP contribution in [0, 0.1) is 0 Å². The third-order valence-electron chi connectivity index (χ3n) is 3.02. The zero-order chi connectivity index (χ0) is 12.3. The van der Waals surface area contributed by atoms with E-state index in [1.807, 2.05) is 0 Å². The lowest BCUT2D eigenvalue weighted by Gasteiger charge is -2.28. The lowest BCUT2D eigenvalue weighted by atomic mass is 10.1. The minimum atomic E-state index is 0.224. The molecule has 2 rings (SSSR count). The monoisotopic (exact) mass is 231 g/mol. The second-order valence-electron chi connectivity index (χ2n) is 4.70. The van der Waals surface area contributed by atoms with Crippen LogP contribution in [0.4, 0.5) is 5.69 Å². The molecular weight excluding hydrogens is 210 g/mol. The van der Waals surface area contributed by atoms with E-state index in [2.05, 4.69) is 55.5 Å². The van der Waals surface area contributed by atoms with E-state index >= 15 is 0 Å². The molecule has 1 heterocycles. The van der Waals surface area contributed by atoms with Crippen LogP contribution in [-0.4, -0.2) is 31.0 Å². The molecule has 0 amide bonds. The molecule has 1 aromatic rings. The fraction of sp³-hybridized carbons (Fsp3) is 0.500. The maximum atomic E-state index is 4.79. The number of para-hydroxylation sites is 1. The predicted octanol–water partition coefficient (Wildman–Crippen LogP) is 2.94. The number of rotatable bonds is 3. The van der Waals surface area contributed by atoms with Crippen LogP contribution in [-0.2, 0) is 0 Å². The number of benzene rings is 1. The summed E-state index contributed by atoms with van der Waals surface area (Å²) in [6.07, 6.45) is 3.75. The number of nitrogens with one attached hydrogen (secondary N) is 1. The summed E-state index contributed by atoms with van der Waals surface area (Å²) in [4.78, 5) is 6.89. The fourth-order valence-electron chi connectivity index (χ4n) is 2.12. The molecule has 1 N–H and O–H groups in total. The van der Waals surface area contributed by atoms with E-state index in [-0.39, 0.29) is 6.17 Å². The summed E-state index contributed by atoms with van der Waals surface area (Å²) in [6.45, 7) is 2.22. The molecule has 0 saturated heterocycles. The molecule has 92 valence electrons. The van der Waals surface area contributed by atoms with Crippen molar-refractivity contribution >= 4 is 11.5 Å². The van der Waals surface area contributed by atoms with Crippen LogP contribution in [0.3, 0.4) is 0 Å². The Morgan fingerprint density at radius 1 is 1.29 bits per heavy atom. The van der Waals surface area contributed by atoms with Crippen molar-refractivity contribution in [3.8, 4) is 0 Å². The van der Waals surface area contributed by atoms with Crippen molar-refractivity contribution < 1.29 is 0 Å². The standard InChI is InChI=1S/C14H21N3/c1-4-5-10-13-15-12-9-7-6-8-11(12)14(16-13)17(2)3/h6-9,13,15H,4-5,10H2,1-3H3. The predicted molar refractivity (Wildman–Crippen MR) is 73.6 cm³/mol. The van der Waals surface area contributed by atoms with Gasteiger partial charge in [0, 0.05) is 25.3 Å². The maximum Gasteiger partial charge on any atom is 0.134 e. The van der Waals surface area contributed by atoms with Crippen LogP contribution in [0.25, 0.3) is 0 Å². The zero-order valence-electron chi connectivity index (χ0n) is 10.9. The molecule has 0 spiro atoms. The quantitative estimate of drug-likeness (QED) is 0.866. The smallest absolute Gasteiger partial charge is 0.134 e. The molecule has 3 nitrogen and oxygen atoms in total. The van der Waals surface area contributed by atoms with Crippen molar-refractivity contribution in [1.29, 1.82) is 0 Å². The first-order chi connectivity index (χ1) is 8.22. The molecule has 3 heteroatoms. The number of aliphatic imine (C=N–C) groups is 1. The van der Waals surface area contributed by atoms with Crippen molar-refractivity contribution in [1.82, 2.24) is 4.90 Å². The Labute approximate surface area is 104 Å². The number of hydrogen-bond donors (Lipinski definition) is 1. The topological polar surface area (TPSA) is 27.6 Å². The highest BCUT2D eigenvalue weighted by atomic mass is 15.2. The Morgan fingerprint density at radius 3 is 2.76 bits per heavy atom. The van der Waals surface area contributed by atoms with Gasteiger partial charge < -0.3 is 10.2 Å². The van der Waals surface area contributed by atoms with Gasteiger partial charge in [-0.25, -0.2) is 4.99 Å². The summed E-state index contributed by atoms with van der Waals surface area (Å²) in [7, 11) is 4.11. The van der Waals surface area contributed by atoms with Crippen molar-refractivity contribution in [3.63, 3.8) is 0 Å². The first-order valence-corrected chi connectivity index (χ1v) is 6.33. The second-order valence-corrected chi connectivity index (χ2v) is 4.70. The van der Waals surface area contributed by atoms with Gasteiger partial charge in [0.05, 0.1) is 0 Å². The van der Waals surface area contributed by atoms with E-state index < -0.39 is 0 Å².